The molecule has 3 rings (SSSR count). The lowest BCUT2D eigenvalue weighted by atomic mass is 9.82. The van der Waals surface area contributed by atoms with Gasteiger partial charge in [-0.1, -0.05) is 36.8 Å². The van der Waals surface area contributed by atoms with Crippen LogP contribution in [-0.4, -0.2) is 4.98 Å². The van der Waals surface area contributed by atoms with Gasteiger partial charge in [0.15, 0.2) is 0 Å². The van der Waals surface area contributed by atoms with Crippen molar-refractivity contribution in [2.45, 2.75) is 33.1 Å². The van der Waals surface area contributed by atoms with Crippen molar-refractivity contribution in [2.24, 2.45) is 5.92 Å². The number of aromatic nitrogens is 1. The van der Waals surface area contributed by atoms with Crippen molar-refractivity contribution in [3.8, 4) is 17.2 Å². The third kappa shape index (κ3) is 2.38. The number of rotatable bonds is 1. The highest BCUT2D eigenvalue weighted by Crippen LogP contribution is 2.37. The number of benzene rings is 1. The Morgan fingerprint density at radius 1 is 1.38 bits per heavy atom. The minimum Gasteiger partial charge on any atom is -0.383 e. The number of fused-ring (bicyclic) bond motifs is 1. The second-order valence-electron chi connectivity index (χ2n) is 6.00. The standard InChI is InChI=1S/C18H19N3/c1-11-4-3-5-13(8-11)17-14-9-12(2)6-7-16(14)21-18(20)15(17)10-19/h3-5,8,12H,6-7,9H2,1-2H3,(H2,20,21). The van der Waals surface area contributed by atoms with Gasteiger partial charge in [-0.3, -0.25) is 0 Å². The molecule has 1 aliphatic rings. The molecule has 0 spiro atoms. The SMILES string of the molecule is Cc1cccc(-c2c(C#N)c(N)nc3c2CC(C)CC3)c1. The van der Waals surface area contributed by atoms with Crippen molar-refractivity contribution < 1.29 is 0 Å². The van der Waals surface area contributed by atoms with Gasteiger partial charge in [0.25, 0.3) is 0 Å². The number of anilines is 1. The Morgan fingerprint density at radius 2 is 2.19 bits per heavy atom. The highest BCUT2D eigenvalue weighted by atomic mass is 14.9. The van der Waals surface area contributed by atoms with E-state index in [0.717, 1.165) is 36.1 Å². The molecule has 1 aromatic carbocycles. The fourth-order valence-corrected chi connectivity index (χ4v) is 3.18. The van der Waals surface area contributed by atoms with E-state index in [0.29, 0.717) is 17.3 Å². The summed E-state index contributed by atoms with van der Waals surface area (Å²) in [5.41, 5.74) is 12.1. The van der Waals surface area contributed by atoms with E-state index in [2.05, 4.69) is 43.1 Å². The van der Waals surface area contributed by atoms with Crippen LogP contribution in [-0.2, 0) is 12.8 Å². The zero-order valence-electron chi connectivity index (χ0n) is 12.5. The summed E-state index contributed by atoms with van der Waals surface area (Å²) in [5.74, 6) is 0.986. The molecule has 106 valence electrons. The van der Waals surface area contributed by atoms with Crippen LogP contribution < -0.4 is 5.73 Å². The van der Waals surface area contributed by atoms with Crippen molar-refractivity contribution in [2.75, 3.05) is 5.73 Å². The first-order valence-corrected chi connectivity index (χ1v) is 7.38. The van der Waals surface area contributed by atoms with Crippen molar-refractivity contribution in [3.63, 3.8) is 0 Å². The maximum Gasteiger partial charge on any atom is 0.142 e. The molecule has 1 aromatic heterocycles. The van der Waals surface area contributed by atoms with E-state index >= 15 is 0 Å². The largest absolute Gasteiger partial charge is 0.383 e. The normalized spacial score (nSPS) is 17.1. The van der Waals surface area contributed by atoms with E-state index in [1.807, 2.05) is 6.07 Å². The number of nitrogen functional groups attached to an aromatic ring is 1. The summed E-state index contributed by atoms with van der Waals surface area (Å²) in [6.07, 6.45) is 3.06. The third-order valence-corrected chi connectivity index (χ3v) is 4.26. The van der Waals surface area contributed by atoms with Crippen molar-refractivity contribution >= 4 is 5.82 Å². The first kappa shape index (κ1) is 13.6. The monoisotopic (exact) mass is 277 g/mol. The van der Waals surface area contributed by atoms with Gasteiger partial charge in [0.05, 0.1) is 0 Å². The predicted molar refractivity (Wildman–Crippen MR) is 84.7 cm³/mol. The molecule has 21 heavy (non-hydrogen) atoms. The number of aryl methyl sites for hydroxylation is 2. The summed E-state index contributed by atoms with van der Waals surface area (Å²) in [6.45, 7) is 4.32. The van der Waals surface area contributed by atoms with Crippen LogP contribution in [0, 0.1) is 24.2 Å². The second-order valence-corrected chi connectivity index (χ2v) is 6.00. The van der Waals surface area contributed by atoms with Gasteiger partial charge in [-0.2, -0.15) is 5.26 Å². The molecule has 0 amide bonds. The number of hydrogen-bond donors (Lipinski definition) is 1. The summed E-state index contributed by atoms with van der Waals surface area (Å²) in [7, 11) is 0. The van der Waals surface area contributed by atoms with Gasteiger partial charge in [-0.25, -0.2) is 4.98 Å². The number of nitrogens with zero attached hydrogens (tertiary/aromatic N) is 2. The van der Waals surface area contributed by atoms with Crippen molar-refractivity contribution in [1.82, 2.24) is 4.98 Å². The van der Waals surface area contributed by atoms with Crippen LogP contribution in [0.5, 0.6) is 0 Å². The molecule has 0 saturated heterocycles. The van der Waals surface area contributed by atoms with E-state index < -0.39 is 0 Å². The van der Waals surface area contributed by atoms with Gasteiger partial charge in [-0.05, 0) is 43.2 Å². The zero-order chi connectivity index (χ0) is 15.0. The van der Waals surface area contributed by atoms with E-state index in [4.69, 9.17) is 5.73 Å². The Balaban J connectivity index is 2.31. The van der Waals surface area contributed by atoms with Crippen LogP contribution >= 0.6 is 0 Å². The summed E-state index contributed by atoms with van der Waals surface area (Å²) >= 11 is 0. The summed E-state index contributed by atoms with van der Waals surface area (Å²) in [6, 6.07) is 10.5. The Bertz CT molecular complexity index is 741. The average molecular weight is 277 g/mol. The molecule has 2 aromatic rings. The molecular weight excluding hydrogens is 258 g/mol. The van der Waals surface area contributed by atoms with Crippen LogP contribution in [0.4, 0.5) is 5.82 Å². The summed E-state index contributed by atoms with van der Waals surface area (Å²) < 4.78 is 0. The van der Waals surface area contributed by atoms with Gasteiger partial charge in [0.1, 0.15) is 17.5 Å². The van der Waals surface area contributed by atoms with Gasteiger partial charge >= 0.3 is 0 Å². The molecule has 1 unspecified atom stereocenters. The first-order valence-electron chi connectivity index (χ1n) is 7.38. The van der Waals surface area contributed by atoms with Gasteiger partial charge < -0.3 is 5.73 Å². The molecule has 0 aliphatic heterocycles. The van der Waals surface area contributed by atoms with Gasteiger partial charge in [0.2, 0.25) is 0 Å². The molecule has 3 nitrogen and oxygen atoms in total. The highest BCUT2D eigenvalue weighted by Gasteiger charge is 2.24. The Hall–Kier alpha value is -2.34. The molecule has 2 N–H and O–H groups in total. The van der Waals surface area contributed by atoms with Gasteiger partial charge in [-0.15, -0.1) is 0 Å². The van der Waals surface area contributed by atoms with Crippen LogP contribution in [0.2, 0.25) is 0 Å². The fourth-order valence-electron chi connectivity index (χ4n) is 3.18. The maximum absolute atomic E-state index is 9.53. The quantitative estimate of drug-likeness (QED) is 0.865. The van der Waals surface area contributed by atoms with Crippen LogP contribution in [0.15, 0.2) is 24.3 Å². The van der Waals surface area contributed by atoms with E-state index in [1.165, 1.54) is 11.1 Å². The Morgan fingerprint density at radius 3 is 2.90 bits per heavy atom. The predicted octanol–water partition coefficient (Wildman–Crippen LogP) is 3.64. The number of pyridine rings is 1. The first-order chi connectivity index (χ1) is 10.1. The Labute approximate surface area is 125 Å². The molecule has 0 bridgehead atoms. The van der Waals surface area contributed by atoms with Crippen LogP contribution in [0.3, 0.4) is 0 Å². The lowest BCUT2D eigenvalue weighted by Gasteiger charge is -2.25. The minimum atomic E-state index is 0.363. The lowest BCUT2D eigenvalue weighted by molar-refractivity contribution is 0.495. The fraction of sp³-hybridized carbons (Fsp3) is 0.333. The number of hydrogen-bond acceptors (Lipinski definition) is 3. The smallest absolute Gasteiger partial charge is 0.142 e. The molecule has 1 heterocycles. The van der Waals surface area contributed by atoms with E-state index in [1.54, 1.807) is 0 Å². The third-order valence-electron chi connectivity index (χ3n) is 4.26. The summed E-state index contributed by atoms with van der Waals surface area (Å²) in [4.78, 5) is 4.48. The highest BCUT2D eigenvalue weighted by molar-refractivity contribution is 5.79. The Kier molecular flexibility index (Phi) is 3.39. The second kappa shape index (κ2) is 5.21. The molecule has 0 fully saturated rings. The number of nitrogens with two attached hydrogens (primary N) is 1. The molecule has 3 heteroatoms. The van der Waals surface area contributed by atoms with Crippen molar-refractivity contribution in [3.05, 3.63) is 46.6 Å². The number of nitriles is 1. The van der Waals surface area contributed by atoms with Gasteiger partial charge in [0, 0.05) is 11.3 Å². The van der Waals surface area contributed by atoms with Crippen molar-refractivity contribution in [1.29, 1.82) is 5.26 Å². The molecule has 0 saturated carbocycles. The van der Waals surface area contributed by atoms with Crippen LogP contribution in [0.1, 0.15) is 35.7 Å². The summed E-state index contributed by atoms with van der Waals surface area (Å²) in [5, 5.41) is 9.53. The van der Waals surface area contributed by atoms with E-state index in [9.17, 15) is 5.26 Å². The molecule has 0 radical (unpaired) electrons. The molecule has 1 aliphatic carbocycles. The lowest BCUT2D eigenvalue weighted by Crippen LogP contribution is -2.16. The van der Waals surface area contributed by atoms with E-state index in [-0.39, 0.29) is 0 Å². The average Bonchev–Trinajstić information content (AvgIpc) is 2.46. The zero-order valence-corrected chi connectivity index (χ0v) is 12.5. The molecular formula is C18H19N3. The molecule has 1 atom stereocenters. The maximum atomic E-state index is 9.53. The topological polar surface area (TPSA) is 62.7 Å². The van der Waals surface area contributed by atoms with Crippen LogP contribution in [0.25, 0.3) is 11.1 Å². The minimum absolute atomic E-state index is 0.363.